The lowest BCUT2D eigenvalue weighted by Crippen LogP contribution is -2.49. The van der Waals surface area contributed by atoms with E-state index < -0.39 is 10.2 Å². The Morgan fingerprint density at radius 3 is 2.65 bits per heavy atom. The van der Waals surface area contributed by atoms with Crippen LogP contribution in [0.25, 0.3) is 0 Å². The van der Waals surface area contributed by atoms with Crippen LogP contribution in [0.4, 0.5) is 0 Å². The van der Waals surface area contributed by atoms with Gasteiger partial charge in [0.2, 0.25) is 5.91 Å². The minimum Gasteiger partial charge on any atom is -0.354 e. The smallest absolute Gasteiger partial charge is 0.279 e. The summed E-state index contributed by atoms with van der Waals surface area (Å²) in [7, 11) is -3.46. The van der Waals surface area contributed by atoms with Crippen LogP contribution in [-0.2, 0) is 21.4 Å². The molecule has 0 spiro atoms. The van der Waals surface area contributed by atoms with E-state index in [0.29, 0.717) is 13.0 Å². The molecule has 0 radical (unpaired) electrons. The molecule has 23 heavy (non-hydrogen) atoms. The van der Waals surface area contributed by atoms with Crippen molar-refractivity contribution in [3.05, 3.63) is 35.9 Å². The highest BCUT2D eigenvalue weighted by Gasteiger charge is 2.28. The summed E-state index contributed by atoms with van der Waals surface area (Å²) >= 11 is 0. The Bertz CT molecular complexity index is 604. The zero-order valence-corrected chi connectivity index (χ0v) is 14.3. The lowest BCUT2D eigenvalue weighted by molar-refractivity contribution is -0.120. The summed E-state index contributed by atoms with van der Waals surface area (Å²) in [5.41, 5.74) is 0.938. The number of hydrogen-bond acceptors (Lipinski definition) is 3. The van der Waals surface area contributed by atoms with Gasteiger partial charge in [0, 0.05) is 25.7 Å². The third-order valence-electron chi connectivity index (χ3n) is 3.99. The fourth-order valence-electron chi connectivity index (χ4n) is 2.74. The number of amides is 1. The molecular weight excluding hydrogens is 314 g/mol. The van der Waals surface area contributed by atoms with Crippen LogP contribution in [0.15, 0.2) is 30.3 Å². The molecule has 6 nitrogen and oxygen atoms in total. The number of nitrogens with one attached hydrogen (secondary N) is 2. The quantitative estimate of drug-likeness (QED) is 0.729. The first-order valence-corrected chi connectivity index (χ1v) is 9.50. The standard InChI is InChI=1S/C16H25N3O3S/c1-14-7-5-6-12-19(14)23(21,22)18-11-10-17-16(20)13-15-8-3-2-4-9-15/h2-4,8-9,14,18H,5-7,10-13H2,1H3,(H,17,20)/t14-/m0/s1. The molecule has 128 valence electrons. The van der Waals surface area contributed by atoms with E-state index in [0.717, 1.165) is 24.8 Å². The normalized spacial score (nSPS) is 19.4. The van der Waals surface area contributed by atoms with Crippen molar-refractivity contribution in [3.8, 4) is 0 Å². The van der Waals surface area contributed by atoms with E-state index >= 15 is 0 Å². The number of hydrogen-bond donors (Lipinski definition) is 2. The average Bonchev–Trinajstić information content (AvgIpc) is 2.53. The number of rotatable bonds is 7. The summed E-state index contributed by atoms with van der Waals surface area (Å²) in [4.78, 5) is 11.8. The van der Waals surface area contributed by atoms with Crippen molar-refractivity contribution in [1.29, 1.82) is 0 Å². The van der Waals surface area contributed by atoms with Gasteiger partial charge in [0.1, 0.15) is 0 Å². The highest BCUT2D eigenvalue weighted by atomic mass is 32.2. The molecule has 1 atom stereocenters. The third-order valence-corrected chi connectivity index (χ3v) is 5.72. The molecule has 0 saturated carbocycles. The molecule has 1 saturated heterocycles. The molecule has 2 N–H and O–H groups in total. The van der Waals surface area contributed by atoms with Gasteiger partial charge in [-0.2, -0.15) is 12.7 Å². The SMILES string of the molecule is C[C@H]1CCCCN1S(=O)(=O)NCCNC(=O)Cc1ccccc1. The monoisotopic (exact) mass is 339 g/mol. The maximum atomic E-state index is 12.2. The Hall–Kier alpha value is -1.44. The van der Waals surface area contributed by atoms with Crippen molar-refractivity contribution in [3.63, 3.8) is 0 Å². The molecule has 1 aromatic rings. The number of piperidine rings is 1. The number of benzene rings is 1. The molecule has 0 aliphatic carbocycles. The Kier molecular flexibility index (Phi) is 6.56. The molecule has 1 heterocycles. The molecule has 0 aromatic heterocycles. The van der Waals surface area contributed by atoms with Crippen molar-refractivity contribution in [2.75, 3.05) is 19.6 Å². The Balaban J connectivity index is 1.71. The summed E-state index contributed by atoms with van der Waals surface area (Å²) in [6, 6.07) is 9.49. The maximum absolute atomic E-state index is 12.2. The second-order valence-corrected chi connectivity index (χ2v) is 7.58. The van der Waals surface area contributed by atoms with Crippen molar-refractivity contribution < 1.29 is 13.2 Å². The summed E-state index contributed by atoms with van der Waals surface area (Å²) < 4.78 is 28.5. The van der Waals surface area contributed by atoms with Gasteiger partial charge in [-0.1, -0.05) is 36.8 Å². The second kappa shape index (κ2) is 8.42. The molecule has 1 fully saturated rings. The van der Waals surface area contributed by atoms with E-state index in [4.69, 9.17) is 0 Å². The molecular formula is C16H25N3O3S. The van der Waals surface area contributed by atoms with Crippen LogP contribution in [0.2, 0.25) is 0 Å². The number of carbonyl (C=O) groups is 1. The van der Waals surface area contributed by atoms with Crippen LogP contribution in [-0.4, -0.2) is 44.3 Å². The summed E-state index contributed by atoms with van der Waals surface area (Å²) in [6.45, 7) is 2.98. The fourth-order valence-corrected chi connectivity index (χ4v) is 4.21. The first kappa shape index (κ1) is 17.9. The van der Waals surface area contributed by atoms with Gasteiger partial charge < -0.3 is 5.32 Å². The van der Waals surface area contributed by atoms with Gasteiger partial charge in [-0.05, 0) is 25.3 Å². The lowest BCUT2D eigenvalue weighted by Gasteiger charge is -2.32. The van der Waals surface area contributed by atoms with Crippen LogP contribution in [0, 0.1) is 0 Å². The highest BCUT2D eigenvalue weighted by Crippen LogP contribution is 2.18. The fraction of sp³-hybridized carbons (Fsp3) is 0.562. The largest absolute Gasteiger partial charge is 0.354 e. The summed E-state index contributed by atoms with van der Waals surface area (Å²) in [6.07, 6.45) is 3.17. The van der Waals surface area contributed by atoms with Crippen molar-refractivity contribution in [1.82, 2.24) is 14.3 Å². The van der Waals surface area contributed by atoms with Gasteiger partial charge in [-0.25, -0.2) is 4.72 Å². The van der Waals surface area contributed by atoms with Crippen LogP contribution in [0.5, 0.6) is 0 Å². The minimum atomic E-state index is -3.46. The Morgan fingerprint density at radius 1 is 1.22 bits per heavy atom. The van der Waals surface area contributed by atoms with Gasteiger partial charge in [-0.3, -0.25) is 4.79 Å². The van der Waals surface area contributed by atoms with Crippen LogP contribution < -0.4 is 10.0 Å². The first-order valence-electron chi connectivity index (χ1n) is 8.06. The second-order valence-electron chi connectivity index (χ2n) is 5.87. The molecule has 1 aliphatic heterocycles. The Labute approximate surface area is 138 Å². The molecule has 0 bridgehead atoms. The van der Waals surface area contributed by atoms with Gasteiger partial charge in [0.15, 0.2) is 0 Å². The van der Waals surface area contributed by atoms with Crippen molar-refractivity contribution in [2.45, 2.75) is 38.6 Å². The number of nitrogens with zero attached hydrogens (tertiary/aromatic N) is 1. The predicted molar refractivity (Wildman–Crippen MR) is 90.1 cm³/mol. The van der Waals surface area contributed by atoms with Crippen molar-refractivity contribution >= 4 is 16.1 Å². The van der Waals surface area contributed by atoms with E-state index in [1.165, 1.54) is 4.31 Å². The van der Waals surface area contributed by atoms with Crippen LogP contribution >= 0.6 is 0 Å². The van der Waals surface area contributed by atoms with E-state index in [1.54, 1.807) is 0 Å². The number of carbonyl (C=O) groups excluding carboxylic acids is 1. The summed E-state index contributed by atoms with van der Waals surface area (Å²) in [5.74, 6) is -0.110. The van der Waals surface area contributed by atoms with E-state index in [9.17, 15) is 13.2 Å². The molecule has 0 unspecified atom stereocenters. The zero-order chi connectivity index (χ0) is 16.7. The van der Waals surface area contributed by atoms with E-state index in [-0.39, 0.29) is 25.0 Å². The van der Waals surface area contributed by atoms with Crippen molar-refractivity contribution in [2.24, 2.45) is 0 Å². The van der Waals surface area contributed by atoms with E-state index in [1.807, 2.05) is 37.3 Å². The van der Waals surface area contributed by atoms with Gasteiger partial charge in [0.25, 0.3) is 10.2 Å². The Morgan fingerprint density at radius 2 is 1.96 bits per heavy atom. The van der Waals surface area contributed by atoms with Gasteiger partial charge in [-0.15, -0.1) is 0 Å². The predicted octanol–water partition coefficient (Wildman–Crippen LogP) is 1.05. The van der Waals surface area contributed by atoms with Gasteiger partial charge in [0.05, 0.1) is 6.42 Å². The molecule has 1 aliphatic rings. The topological polar surface area (TPSA) is 78.5 Å². The summed E-state index contributed by atoms with van der Waals surface area (Å²) in [5, 5.41) is 2.73. The molecule has 2 rings (SSSR count). The molecule has 1 amide bonds. The first-order chi connectivity index (χ1) is 11.0. The maximum Gasteiger partial charge on any atom is 0.279 e. The minimum absolute atomic E-state index is 0.0360. The molecule has 7 heteroatoms. The average molecular weight is 339 g/mol. The highest BCUT2D eigenvalue weighted by molar-refractivity contribution is 7.87. The van der Waals surface area contributed by atoms with E-state index in [2.05, 4.69) is 10.0 Å². The van der Waals surface area contributed by atoms with Crippen LogP contribution in [0.3, 0.4) is 0 Å². The molecule has 1 aromatic carbocycles. The lowest BCUT2D eigenvalue weighted by atomic mass is 10.1. The zero-order valence-electron chi connectivity index (χ0n) is 13.5. The van der Waals surface area contributed by atoms with Gasteiger partial charge >= 0.3 is 0 Å². The third kappa shape index (κ3) is 5.60. The van der Waals surface area contributed by atoms with Crippen LogP contribution in [0.1, 0.15) is 31.7 Å².